The normalized spacial score (nSPS) is 12.8. The smallest absolute Gasteiger partial charge is 0.256 e. The number of hydrogen-bond donors (Lipinski definition) is 1. The summed E-state index contributed by atoms with van der Waals surface area (Å²) >= 11 is 1.21. The number of oxazole rings is 1. The minimum atomic E-state index is -0.367. The largest absolute Gasteiger partial charge is 0.440 e. The van der Waals surface area contributed by atoms with Gasteiger partial charge in [-0.25, -0.2) is 4.98 Å². The molecule has 1 unspecified atom stereocenters. The zero-order valence-electron chi connectivity index (χ0n) is 5.98. The number of amides is 1. The van der Waals surface area contributed by atoms with E-state index in [1.54, 1.807) is 6.92 Å². The van der Waals surface area contributed by atoms with Crippen molar-refractivity contribution in [3.05, 3.63) is 12.5 Å². The van der Waals surface area contributed by atoms with Crippen molar-refractivity contribution in [2.45, 2.75) is 17.4 Å². The average Bonchev–Trinajstić information content (AvgIpc) is 2.39. The van der Waals surface area contributed by atoms with E-state index in [9.17, 15) is 4.79 Å². The fraction of sp³-hybridized carbons (Fsp3) is 0.333. The summed E-state index contributed by atoms with van der Waals surface area (Å²) in [6.45, 7) is 1.71. The van der Waals surface area contributed by atoms with Crippen molar-refractivity contribution < 1.29 is 9.21 Å². The summed E-state index contributed by atoms with van der Waals surface area (Å²) in [5, 5.41) is 0.171. The Morgan fingerprint density at radius 3 is 3.09 bits per heavy atom. The van der Waals surface area contributed by atoms with Crippen molar-refractivity contribution in [1.29, 1.82) is 0 Å². The van der Waals surface area contributed by atoms with Gasteiger partial charge in [0.25, 0.3) is 5.22 Å². The van der Waals surface area contributed by atoms with Crippen molar-refractivity contribution in [1.82, 2.24) is 4.98 Å². The third-order valence-electron chi connectivity index (χ3n) is 1.09. The van der Waals surface area contributed by atoms with Crippen LogP contribution in [0.15, 0.2) is 22.1 Å². The van der Waals surface area contributed by atoms with Gasteiger partial charge in [0, 0.05) is 0 Å². The Kier molecular flexibility index (Phi) is 2.53. The Balaban J connectivity index is 2.50. The van der Waals surface area contributed by atoms with E-state index >= 15 is 0 Å². The van der Waals surface area contributed by atoms with Crippen LogP contribution >= 0.6 is 11.8 Å². The molecule has 0 radical (unpaired) electrons. The fourth-order valence-corrected chi connectivity index (χ4v) is 1.13. The molecule has 1 atom stereocenters. The number of nitrogens with zero attached hydrogens (tertiary/aromatic N) is 1. The highest BCUT2D eigenvalue weighted by atomic mass is 32.2. The maximum atomic E-state index is 10.6. The van der Waals surface area contributed by atoms with Crippen molar-refractivity contribution in [2.24, 2.45) is 5.73 Å². The van der Waals surface area contributed by atoms with Gasteiger partial charge in [-0.15, -0.1) is 0 Å². The van der Waals surface area contributed by atoms with Crippen molar-refractivity contribution in [2.75, 3.05) is 0 Å². The molecule has 4 nitrogen and oxygen atoms in total. The number of nitrogens with two attached hydrogens (primary N) is 1. The Hall–Kier alpha value is -0.970. The average molecular weight is 172 g/mol. The lowest BCUT2D eigenvalue weighted by Gasteiger charge is -2.00. The number of aromatic nitrogens is 1. The molecule has 60 valence electrons. The van der Waals surface area contributed by atoms with Crippen molar-refractivity contribution in [3.8, 4) is 0 Å². The van der Waals surface area contributed by atoms with Gasteiger partial charge in [0.1, 0.15) is 6.26 Å². The molecule has 0 saturated heterocycles. The third kappa shape index (κ3) is 2.27. The SMILES string of the molecule is CC(Sc1ncco1)C(N)=O. The predicted molar refractivity (Wildman–Crippen MR) is 41.0 cm³/mol. The van der Waals surface area contributed by atoms with Crippen LogP contribution in [0.3, 0.4) is 0 Å². The molecule has 0 fully saturated rings. The van der Waals surface area contributed by atoms with Crippen LogP contribution in [-0.4, -0.2) is 16.1 Å². The van der Waals surface area contributed by atoms with E-state index in [4.69, 9.17) is 10.2 Å². The minimum absolute atomic E-state index is 0.298. The first-order valence-corrected chi connectivity index (χ1v) is 3.93. The van der Waals surface area contributed by atoms with Gasteiger partial charge >= 0.3 is 0 Å². The predicted octanol–water partition coefficient (Wildman–Crippen LogP) is 0.640. The molecular formula is C6H8N2O2S. The molecule has 11 heavy (non-hydrogen) atoms. The lowest BCUT2D eigenvalue weighted by Crippen LogP contribution is -2.22. The van der Waals surface area contributed by atoms with Crippen LogP contribution in [0.1, 0.15) is 6.92 Å². The quantitative estimate of drug-likeness (QED) is 0.679. The first kappa shape index (κ1) is 8.13. The summed E-state index contributed by atoms with van der Waals surface area (Å²) in [5.41, 5.74) is 5.02. The van der Waals surface area contributed by atoms with Crippen LogP contribution in [0.4, 0.5) is 0 Å². The summed E-state index contributed by atoms with van der Waals surface area (Å²) in [6.07, 6.45) is 2.98. The summed E-state index contributed by atoms with van der Waals surface area (Å²) < 4.78 is 4.90. The monoisotopic (exact) mass is 172 g/mol. The van der Waals surface area contributed by atoms with Gasteiger partial charge in [0.2, 0.25) is 5.91 Å². The molecule has 0 spiro atoms. The van der Waals surface area contributed by atoms with Crippen LogP contribution < -0.4 is 5.73 Å². The fourth-order valence-electron chi connectivity index (χ4n) is 0.478. The van der Waals surface area contributed by atoms with Gasteiger partial charge in [-0.05, 0) is 6.92 Å². The molecule has 1 amide bonds. The Morgan fingerprint density at radius 1 is 1.91 bits per heavy atom. The van der Waals surface area contributed by atoms with E-state index in [0.29, 0.717) is 5.22 Å². The van der Waals surface area contributed by atoms with Gasteiger partial charge < -0.3 is 10.2 Å². The highest BCUT2D eigenvalue weighted by molar-refractivity contribution is 8.00. The van der Waals surface area contributed by atoms with E-state index in [-0.39, 0.29) is 11.2 Å². The number of carbonyl (C=O) groups is 1. The van der Waals surface area contributed by atoms with Crippen LogP contribution in [-0.2, 0) is 4.79 Å². The molecular weight excluding hydrogens is 164 g/mol. The van der Waals surface area contributed by atoms with Crippen molar-refractivity contribution in [3.63, 3.8) is 0 Å². The number of primary amides is 1. The first-order chi connectivity index (χ1) is 5.20. The van der Waals surface area contributed by atoms with E-state index in [0.717, 1.165) is 0 Å². The summed E-state index contributed by atoms with van der Waals surface area (Å²) in [5.74, 6) is -0.367. The van der Waals surface area contributed by atoms with Crippen LogP contribution in [0.25, 0.3) is 0 Å². The van der Waals surface area contributed by atoms with Gasteiger partial charge in [0.05, 0.1) is 11.4 Å². The second-order valence-electron chi connectivity index (χ2n) is 1.96. The number of hydrogen-bond acceptors (Lipinski definition) is 4. The van der Waals surface area contributed by atoms with Gasteiger partial charge in [0.15, 0.2) is 0 Å². The highest BCUT2D eigenvalue weighted by Crippen LogP contribution is 2.19. The molecule has 0 aliphatic heterocycles. The summed E-state index contributed by atoms with van der Waals surface area (Å²) in [7, 11) is 0. The van der Waals surface area contributed by atoms with Gasteiger partial charge in [-0.1, -0.05) is 11.8 Å². The minimum Gasteiger partial charge on any atom is -0.440 e. The maximum Gasteiger partial charge on any atom is 0.256 e. The maximum absolute atomic E-state index is 10.6. The molecule has 1 aromatic heterocycles. The standard InChI is InChI=1S/C6H8N2O2S/c1-4(5(7)9)11-6-8-2-3-10-6/h2-4H,1H3,(H2,7,9). The second-order valence-corrected chi connectivity index (χ2v) is 3.25. The summed E-state index contributed by atoms with van der Waals surface area (Å²) in [6, 6.07) is 0. The van der Waals surface area contributed by atoms with Gasteiger partial charge in [-0.3, -0.25) is 4.79 Å². The molecule has 2 N–H and O–H groups in total. The Labute approximate surface area is 68.2 Å². The Morgan fingerprint density at radius 2 is 2.64 bits per heavy atom. The van der Waals surface area contributed by atoms with E-state index in [2.05, 4.69) is 4.98 Å². The topological polar surface area (TPSA) is 69.1 Å². The molecule has 1 heterocycles. The van der Waals surface area contributed by atoms with E-state index in [1.807, 2.05) is 0 Å². The molecule has 0 bridgehead atoms. The lowest BCUT2D eigenvalue weighted by molar-refractivity contribution is -0.117. The van der Waals surface area contributed by atoms with Crippen molar-refractivity contribution >= 4 is 17.7 Å². The highest BCUT2D eigenvalue weighted by Gasteiger charge is 2.12. The molecule has 1 aromatic rings. The lowest BCUT2D eigenvalue weighted by atomic mass is 10.5. The number of thioether (sulfide) groups is 1. The molecule has 0 aliphatic rings. The summed E-state index contributed by atoms with van der Waals surface area (Å²) in [4.78, 5) is 14.4. The van der Waals surface area contributed by atoms with E-state index < -0.39 is 0 Å². The second kappa shape index (κ2) is 3.43. The van der Waals surface area contributed by atoms with Crippen LogP contribution in [0.2, 0.25) is 0 Å². The van der Waals surface area contributed by atoms with Gasteiger partial charge in [-0.2, -0.15) is 0 Å². The molecule has 0 aliphatic carbocycles. The Bertz CT molecular complexity index is 235. The zero-order chi connectivity index (χ0) is 8.27. The molecule has 5 heteroatoms. The first-order valence-electron chi connectivity index (χ1n) is 3.05. The van der Waals surface area contributed by atoms with Crippen LogP contribution in [0.5, 0.6) is 0 Å². The third-order valence-corrected chi connectivity index (χ3v) is 2.08. The van der Waals surface area contributed by atoms with E-state index in [1.165, 1.54) is 24.2 Å². The molecule has 0 saturated carbocycles. The molecule has 0 aromatic carbocycles. The molecule has 1 rings (SSSR count). The number of carbonyl (C=O) groups excluding carboxylic acids is 1. The zero-order valence-corrected chi connectivity index (χ0v) is 6.80. The number of rotatable bonds is 3. The van der Waals surface area contributed by atoms with Crippen LogP contribution in [0, 0.1) is 0 Å².